The first-order valence-electron chi connectivity index (χ1n) is 8.53. The van der Waals surface area contributed by atoms with Crippen molar-refractivity contribution in [3.8, 4) is 0 Å². The molecule has 0 spiro atoms. The minimum atomic E-state index is -0.352. The van der Waals surface area contributed by atoms with Crippen LogP contribution in [-0.4, -0.2) is 12.5 Å². The Labute approximate surface area is 169 Å². The fraction of sp³-hybridized carbons (Fsp3) is 0.286. The molecule has 2 aromatic rings. The van der Waals surface area contributed by atoms with E-state index in [9.17, 15) is 4.79 Å². The van der Waals surface area contributed by atoms with Gasteiger partial charge in [-0.1, -0.05) is 71.2 Å². The average Bonchev–Trinajstić information content (AvgIpc) is 2.91. The molecule has 1 aliphatic carbocycles. The normalized spacial score (nSPS) is 26.5. The van der Waals surface area contributed by atoms with E-state index in [2.05, 4.69) is 11.4 Å². The molecule has 136 valence electrons. The summed E-state index contributed by atoms with van der Waals surface area (Å²) in [6.07, 6.45) is 5.09. The predicted octanol–water partition coefficient (Wildman–Crippen LogP) is 6.13. The molecule has 0 saturated carbocycles. The van der Waals surface area contributed by atoms with Crippen molar-refractivity contribution in [2.24, 2.45) is 11.3 Å². The molecule has 2 aromatic carbocycles. The zero-order valence-electron chi connectivity index (χ0n) is 14.4. The lowest BCUT2D eigenvalue weighted by atomic mass is 9.69. The molecule has 4 rings (SSSR count). The van der Waals surface area contributed by atoms with Gasteiger partial charge in [0.05, 0.1) is 5.41 Å². The second-order valence-electron chi connectivity index (χ2n) is 6.85. The topological polar surface area (TPSA) is 29.1 Å². The predicted molar refractivity (Wildman–Crippen MR) is 109 cm³/mol. The zero-order valence-corrected chi connectivity index (χ0v) is 16.7. The Morgan fingerprint density at radius 2 is 1.77 bits per heavy atom. The van der Waals surface area contributed by atoms with Crippen LogP contribution >= 0.6 is 34.8 Å². The van der Waals surface area contributed by atoms with Gasteiger partial charge >= 0.3 is 0 Å². The maximum absolute atomic E-state index is 11.9. The van der Waals surface area contributed by atoms with Gasteiger partial charge < -0.3 is 5.32 Å². The smallest absolute Gasteiger partial charge is 0.230 e. The highest BCUT2D eigenvalue weighted by Gasteiger charge is 2.47. The van der Waals surface area contributed by atoms with Crippen molar-refractivity contribution >= 4 is 40.7 Å². The van der Waals surface area contributed by atoms with Gasteiger partial charge in [-0.3, -0.25) is 4.79 Å². The Balaban J connectivity index is 0.000000236. The van der Waals surface area contributed by atoms with Crippen molar-refractivity contribution < 1.29 is 4.79 Å². The lowest BCUT2D eigenvalue weighted by Crippen LogP contribution is -2.32. The molecule has 3 unspecified atom stereocenters. The summed E-state index contributed by atoms with van der Waals surface area (Å²) in [7, 11) is 0. The lowest BCUT2D eigenvalue weighted by molar-refractivity contribution is -0.125. The zero-order chi connectivity index (χ0) is 18.7. The number of rotatable bonds is 1. The number of fused-ring (bicyclic) bond motifs is 1. The van der Waals surface area contributed by atoms with Crippen LogP contribution in [0.3, 0.4) is 0 Å². The first-order valence-corrected chi connectivity index (χ1v) is 9.66. The van der Waals surface area contributed by atoms with Gasteiger partial charge in [0.15, 0.2) is 0 Å². The molecule has 1 aliphatic heterocycles. The van der Waals surface area contributed by atoms with Gasteiger partial charge in [0.2, 0.25) is 5.91 Å². The van der Waals surface area contributed by atoms with Crippen molar-refractivity contribution in [2.75, 3.05) is 6.54 Å². The summed E-state index contributed by atoms with van der Waals surface area (Å²) in [5.74, 6) is 0.728. The van der Waals surface area contributed by atoms with Gasteiger partial charge in [-0.25, -0.2) is 0 Å². The molecule has 2 aliphatic rings. The standard InChI is InChI=1S/C15H15Cl2NO.C6H5Cl/c1-15-5-4-9(6-10(15)8-18-14(15)19)12-3-2-11(16)7-13(12)17;7-6-4-2-1-3-5-6/h2-5,7,9-10H,6,8H2,1H3,(H,18,19);1-5H. The molecule has 1 fully saturated rings. The Bertz CT molecular complexity index is 821. The van der Waals surface area contributed by atoms with E-state index >= 15 is 0 Å². The van der Waals surface area contributed by atoms with Gasteiger partial charge in [-0.15, -0.1) is 0 Å². The van der Waals surface area contributed by atoms with Crippen molar-refractivity contribution in [3.05, 3.63) is 81.3 Å². The van der Waals surface area contributed by atoms with Gasteiger partial charge in [0.1, 0.15) is 0 Å². The van der Waals surface area contributed by atoms with E-state index in [4.69, 9.17) is 34.8 Å². The van der Waals surface area contributed by atoms with Gasteiger partial charge in [0.25, 0.3) is 0 Å². The Hall–Kier alpha value is -1.48. The van der Waals surface area contributed by atoms with Crippen LogP contribution in [-0.2, 0) is 4.79 Å². The molecule has 3 atom stereocenters. The molecule has 0 bridgehead atoms. The average molecular weight is 409 g/mol. The van der Waals surface area contributed by atoms with Gasteiger partial charge in [-0.05, 0) is 49.1 Å². The molecular formula is C21H20Cl3NO. The second-order valence-corrected chi connectivity index (χ2v) is 8.13. The summed E-state index contributed by atoms with van der Waals surface area (Å²) in [4.78, 5) is 11.9. The number of carbonyl (C=O) groups is 1. The van der Waals surface area contributed by atoms with Crippen LogP contribution in [0.5, 0.6) is 0 Å². The highest BCUT2D eigenvalue weighted by atomic mass is 35.5. The molecule has 5 heteroatoms. The summed E-state index contributed by atoms with van der Waals surface area (Å²) in [5.41, 5.74) is 0.735. The number of hydrogen-bond donors (Lipinski definition) is 1. The van der Waals surface area contributed by atoms with Crippen LogP contribution in [0.15, 0.2) is 60.7 Å². The van der Waals surface area contributed by atoms with E-state index in [-0.39, 0.29) is 17.2 Å². The third-order valence-corrected chi connectivity index (χ3v) is 5.97. The van der Waals surface area contributed by atoms with Crippen molar-refractivity contribution in [2.45, 2.75) is 19.3 Å². The monoisotopic (exact) mass is 407 g/mol. The largest absolute Gasteiger partial charge is 0.355 e. The molecule has 0 aromatic heterocycles. The van der Waals surface area contributed by atoms with Crippen LogP contribution in [0.1, 0.15) is 24.8 Å². The minimum Gasteiger partial charge on any atom is -0.355 e. The molecule has 2 nitrogen and oxygen atoms in total. The number of nitrogens with one attached hydrogen (secondary N) is 1. The van der Waals surface area contributed by atoms with E-state index in [1.165, 1.54) is 0 Å². The number of carbonyl (C=O) groups excluding carboxylic acids is 1. The van der Waals surface area contributed by atoms with Crippen molar-refractivity contribution in [1.29, 1.82) is 0 Å². The Morgan fingerprint density at radius 1 is 1.04 bits per heavy atom. The van der Waals surface area contributed by atoms with E-state index in [1.807, 2.05) is 55.5 Å². The molecule has 1 heterocycles. The summed E-state index contributed by atoms with van der Waals surface area (Å²) < 4.78 is 0. The summed E-state index contributed by atoms with van der Waals surface area (Å²) in [6, 6.07) is 15.1. The third kappa shape index (κ3) is 4.09. The Kier molecular flexibility index (Phi) is 5.96. The van der Waals surface area contributed by atoms with Crippen LogP contribution in [0.4, 0.5) is 0 Å². The van der Waals surface area contributed by atoms with E-state index < -0.39 is 0 Å². The van der Waals surface area contributed by atoms with E-state index in [0.717, 1.165) is 23.6 Å². The first kappa shape index (κ1) is 19.3. The Morgan fingerprint density at radius 3 is 2.38 bits per heavy atom. The molecule has 0 radical (unpaired) electrons. The molecule has 26 heavy (non-hydrogen) atoms. The van der Waals surface area contributed by atoms with E-state index in [1.54, 1.807) is 6.07 Å². The van der Waals surface area contributed by atoms with Crippen LogP contribution < -0.4 is 5.32 Å². The highest BCUT2D eigenvalue weighted by Crippen LogP contribution is 2.46. The quantitative estimate of drug-likeness (QED) is 0.565. The SMILES string of the molecule is CC12C=CC(c3ccc(Cl)cc3Cl)CC1CNC2=O.Clc1ccccc1. The molecular weight excluding hydrogens is 389 g/mol. The molecule has 1 amide bonds. The number of halogens is 3. The maximum Gasteiger partial charge on any atom is 0.230 e. The summed E-state index contributed by atoms with van der Waals surface area (Å²) >= 11 is 17.7. The second kappa shape index (κ2) is 8.04. The molecule has 1 N–H and O–H groups in total. The van der Waals surface area contributed by atoms with Crippen molar-refractivity contribution in [1.82, 2.24) is 5.32 Å². The number of allylic oxidation sites excluding steroid dienone is 1. The van der Waals surface area contributed by atoms with Crippen molar-refractivity contribution in [3.63, 3.8) is 0 Å². The number of benzene rings is 2. The summed E-state index contributed by atoms with van der Waals surface area (Å²) in [5, 5.41) is 5.09. The third-order valence-electron chi connectivity index (χ3n) is 5.15. The van der Waals surface area contributed by atoms with E-state index in [0.29, 0.717) is 16.0 Å². The van der Waals surface area contributed by atoms with Crippen LogP contribution in [0, 0.1) is 11.3 Å². The summed E-state index contributed by atoms with van der Waals surface area (Å²) in [6.45, 7) is 2.76. The van der Waals surface area contributed by atoms with Crippen LogP contribution in [0.2, 0.25) is 15.1 Å². The molecule has 1 saturated heterocycles. The number of hydrogen-bond acceptors (Lipinski definition) is 1. The minimum absolute atomic E-state index is 0.134. The highest BCUT2D eigenvalue weighted by molar-refractivity contribution is 6.35. The van der Waals surface area contributed by atoms with Crippen LogP contribution in [0.25, 0.3) is 0 Å². The van der Waals surface area contributed by atoms with Gasteiger partial charge in [0, 0.05) is 27.5 Å². The fourth-order valence-electron chi connectivity index (χ4n) is 3.49. The lowest BCUT2D eigenvalue weighted by Gasteiger charge is -2.32. The van der Waals surface area contributed by atoms with Gasteiger partial charge in [-0.2, -0.15) is 0 Å². The number of amides is 1. The maximum atomic E-state index is 11.9. The first-order chi connectivity index (χ1) is 12.4. The fourth-order valence-corrected chi connectivity index (χ4v) is 4.19.